The Morgan fingerprint density at radius 1 is 0.482 bits per heavy atom. The van der Waals surface area contributed by atoms with Crippen molar-refractivity contribution >= 4 is 90.8 Å². The number of nitrogens with zero attached hydrogens (tertiary/aromatic N) is 8. The molecule has 0 unspecified atom stereocenters. The minimum absolute atomic E-state index is 0.0108. The van der Waals surface area contributed by atoms with E-state index in [0.717, 1.165) is 89.9 Å². The molecule has 2 atom stereocenters. The van der Waals surface area contributed by atoms with Crippen molar-refractivity contribution in [3.63, 3.8) is 0 Å². The molecule has 6 rings (SSSR count). The normalized spacial score (nSPS) is 12.6. The number of unbranched alkanes of at least 4 members (excludes halogenated alkanes) is 12. The van der Waals surface area contributed by atoms with Crippen molar-refractivity contribution in [2.45, 2.75) is 274 Å². The van der Waals surface area contributed by atoms with Crippen LogP contribution in [-0.2, 0) is 107 Å². The summed E-state index contributed by atoms with van der Waals surface area (Å²) in [5, 5.41) is 22.4. The number of hydrogen-bond donors (Lipinski definition) is 7. The maximum absolute atomic E-state index is 14.7. The second kappa shape index (κ2) is 47.9. The molecule has 8 N–H and O–H groups in total. The number of carbonyl (C=O) groups excluding carboxylic acids is 7. The minimum atomic E-state index is -3.91. The summed E-state index contributed by atoms with van der Waals surface area (Å²) in [5.41, 5.74) is 1.89. The van der Waals surface area contributed by atoms with Crippen molar-refractivity contribution in [2.24, 2.45) is 0 Å². The average molecular weight is 1650 g/mol. The number of amides is 1. The molecule has 640 valence electrons. The number of esters is 6. The lowest BCUT2D eigenvalue weighted by molar-refractivity contribution is -0.150. The van der Waals surface area contributed by atoms with E-state index in [2.05, 4.69) is 96.8 Å². The van der Waals surface area contributed by atoms with Crippen LogP contribution in [0.2, 0.25) is 0 Å². The Morgan fingerprint density at radius 3 is 1.18 bits per heavy atom. The Labute approximate surface area is 662 Å². The number of rotatable bonds is 50. The fraction of sp³-hybridized carbons (Fsp3) is 0.685. The van der Waals surface area contributed by atoms with Crippen molar-refractivity contribution < 1.29 is 108 Å². The lowest BCUT2D eigenvalue weighted by Crippen LogP contribution is -2.54. The predicted octanol–water partition coefficient (Wildman–Crippen LogP) is 10.0. The first-order valence-electron chi connectivity index (χ1n) is 38.2. The van der Waals surface area contributed by atoms with E-state index < -0.39 is 129 Å². The molecule has 0 saturated carbocycles. The number of ether oxygens (including phenoxy) is 9. The molecule has 0 saturated heterocycles. The van der Waals surface area contributed by atoms with E-state index in [-0.39, 0.29) is 86.1 Å². The second-order valence-corrected chi connectivity index (χ2v) is 33.5. The molecule has 0 aliphatic heterocycles. The van der Waals surface area contributed by atoms with Gasteiger partial charge in [0, 0.05) is 0 Å². The topological polar surface area (TPSA) is 517 Å². The molecule has 0 spiro atoms. The highest BCUT2D eigenvalue weighted by atomic mass is 31.2. The lowest BCUT2D eigenvalue weighted by Gasteiger charge is -2.35. The number of carbonyl (C=O) groups is 7. The Kier molecular flexibility index (Phi) is 41.0. The molecule has 0 fully saturated rings. The lowest BCUT2D eigenvalue weighted by atomic mass is 10.1. The Bertz CT molecular complexity index is 4150. The smallest absolute Gasteiger partial charge is 0.464 e. The maximum atomic E-state index is 14.7. The van der Waals surface area contributed by atoms with Crippen LogP contribution in [0.25, 0.3) is 22.3 Å². The Morgan fingerprint density at radius 2 is 0.833 bits per heavy atom. The number of aryl methyl sites for hydroxylation is 2. The fourth-order valence-electron chi connectivity index (χ4n) is 10.6. The first kappa shape index (κ1) is 97.6. The van der Waals surface area contributed by atoms with E-state index in [9.17, 15) is 52.3 Å². The molecule has 0 radical (unpaired) electrons. The standard InChI is InChI=1S/C37H58N7O13P.C29H52N7O6P.C7H8O6/c1-9-11-13-15-17-51-32(46)36(5,6)42-58(50,43-37(7,8)33(47)52-18-16-14-12-10-2)24-55-25(3)19-44-23-40-29-30(38-22-39-31(29)44)41-34(48)54-21-28(45)53-20-27-26(4)56-35(49)57-27;1-8-10-12-14-16-40-26(37)28(4,5)34-43(39,35-29(6,7)27(38)41-17-15-13-11-9-2)21-42-22(3)18-36-20-33-23-24(30)31-19-32-25(23)36;1-4-5(13-7(10)12-4)3-11-6(9)2-8/h22-23,25H,9-21,24H2,1-8H3,(H2,42,43,50)(H,38,39,41,48);19-20,22H,8-18,21H2,1-7H3,(H2,30,31,32)(H2,34,35,39);8H,2-3H2,1H3/t25-;22-;/m11./s1. The summed E-state index contributed by atoms with van der Waals surface area (Å²) in [6, 6.07) is 0. The first-order valence-corrected chi connectivity index (χ1v) is 42.0. The highest BCUT2D eigenvalue weighted by Crippen LogP contribution is 2.44. The van der Waals surface area contributed by atoms with Gasteiger partial charge in [-0.15, -0.1) is 0 Å². The molecule has 114 heavy (non-hydrogen) atoms. The second-order valence-electron chi connectivity index (χ2n) is 29.1. The van der Waals surface area contributed by atoms with Gasteiger partial charge < -0.3 is 80.3 Å². The molecule has 6 aromatic rings. The summed E-state index contributed by atoms with van der Waals surface area (Å²) in [5.74, 6) is -4.95. The molecule has 41 heteroatoms. The summed E-state index contributed by atoms with van der Waals surface area (Å²) < 4.78 is 99.5. The monoisotopic (exact) mass is 1650 g/mol. The third-order valence-electron chi connectivity index (χ3n) is 16.7. The first-order chi connectivity index (χ1) is 53.8. The molecular formula is C73H118N14O25P2. The minimum Gasteiger partial charge on any atom is -0.464 e. The number of aliphatic hydroxyl groups is 1. The van der Waals surface area contributed by atoms with Gasteiger partial charge in [0.2, 0.25) is 14.9 Å². The van der Waals surface area contributed by atoms with Gasteiger partial charge in [-0.1, -0.05) is 105 Å². The number of nitrogen functional groups attached to an aromatic ring is 1. The SMILES string of the molecule is CCCCCCOC(=O)C(C)(C)NP(=O)(CO[C@H](C)Cn1cnc2c(N)ncnc21)NC(C)(C)C(=O)OCCCCCC.CCCCCCOC(=O)C(C)(C)NP(=O)(CO[C@H](C)Cn1cnc2c(NC(=O)OCC(=O)OCc3oc(=O)oc3C)ncnc21)NC(C)(C)C(=O)OCCCCCC.Cc1oc(=O)oc1COC(=O)CO. The Hall–Kier alpha value is -8.81. The highest BCUT2D eigenvalue weighted by molar-refractivity contribution is 7.60. The summed E-state index contributed by atoms with van der Waals surface area (Å²) >= 11 is 0. The van der Waals surface area contributed by atoms with Crippen molar-refractivity contribution in [2.75, 3.05) is 63.4 Å². The maximum Gasteiger partial charge on any atom is 0.519 e. The van der Waals surface area contributed by atoms with Gasteiger partial charge in [0.05, 0.1) is 64.4 Å². The van der Waals surface area contributed by atoms with E-state index in [4.69, 9.17) is 57.6 Å². The van der Waals surface area contributed by atoms with Crippen LogP contribution >= 0.6 is 14.9 Å². The van der Waals surface area contributed by atoms with Gasteiger partial charge >= 0.3 is 53.6 Å². The van der Waals surface area contributed by atoms with Crippen LogP contribution in [-0.4, -0.2) is 173 Å². The number of aliphatic hydroxyl groups excluding tert-OH is 1. The third kappa shape index (κ3) is 33.9. The van der Waals surface area contributed by atoms with Crippen LogP contribution in [0.15, 0.2) is 52.6 Å². The zero-order valence-corrected chi connectivity index (χ0v) is 70.3. The van der Waals surface area contributed by atoms with Crippen molar-refractivity contribution in [1.29, 1.82) is 0 Å². The largest absolute Gasteiger partial charge is 0.519 e. The van der Waals surface area contributed by atoms with Gasteiger partial charge in [-0.05, 0) is 109 Å². The van der Waals surface area contributed by atoms with E-state index in [1.54, 1.807) is 77.8 Å². The summed E-state index contributed by atoms with van der Waals surface area (Å²) in [7, 11) is -7.67. The number of aromatic nitrogens is 8. The van der Waals surface area contributed by atoms with Crippen molar-refractivity contribution in [3.05, 3.63) is 69.6 Å². The van der Waals surface area contributed by atoms with E-state index in [1.807, 2.05) is 6.92 Å². The molecule has 0 aromatic carbocycles. The van der Waals surface area contributed by atoms with Crippen LogP contribution in [0.5, 0.6) is 0 Å². The van der Waals surface area contributed by atoms with Crippen LogP contribution in [0, 0.1) is 13.8 Å². The van der Waals surface area contributed by atoms with Gasteiger partial charge in [-0.3, -0.25) is 33.6 Å². The number of fused-ring (bicyclic) bond motifs is 2. The molecule has 0 aliphatic rings. The highest BCUT2D eigenvalue weighted by Gasteiger charge is 2.45. The van der Waals surface area contributed by atoms with Crippen LogP contribution in [0.1, 0.15) is 223 Å². The zero-order chi connectivity index (χ0) is 84.9. The molecule has 0 bridgehead atoms. The molecule has 6 aromatic heterocycles. The number of nitrogens with one attached hydrogen (secondary N) is 5. The van der Waals surface area contributed by atoms with Gasteiger partial charge in [0.25, 0.3) is 0 Å². The van der Waals surface area contributed by atoms with Crippen LogP contribution < -0.4 is 43.0 Å². The molecular weight excluding hydrogens is 1530 g/mol. The molecule has 39 nitrogen and oxygen atoms in total. The van der Waals surface area contributed by atoms with Gasteiger partial charge in [0.15, 0.2) is 71.3 Å². The van der Waals surface area contributed by atoms with Crippen LogP contribution in [0.4, 0.5) is 16.4 Å². The van der Waals surface area contributed by atoms with Gasteiger partial charge in [-0.25, -0.2) is 74.2 Å². The summed E-state index contributed by atoms with van der Waals surface area (Å²) in [6.45, 7) is 26.9. The van der Waals surface area contributed by atoms with Gasteiger partial charge in [-0.2, -0.15) is 0 Å². The third-order valence-corrected chi connectivity index (χ3v) is 21.4. The number of hydrogen-bond acceptors (Lipinski definition) is 32. The Balaban J connectivity index is 0.000000426. The number of anilines is 2. The summed E-state index contributed by atoms with van der Waals surface area (Å²) in [6.07, 6.45) is 17.7. The van der Waals surface area contributed by atoms with Crippen LogP contribution in [0.3, 0.4) is 0 Å². The zero-order valence-electron chi connectivity index (χ0n) is 68.6. The quantitative estimate of drug-likeness (QED) is 0.00807. The molecule has 1 amide bonds. The average Bonchev–Trinajstić information content (AvgIpc) is 1.17. The fourth-order valence-corrected chi connectivity index (χ4v) is 15.9. The van der Waals surface area contributed by atoms with E-state index in [0.29, 0.717) is 36.2 Å². The van der Waals surface area contributed by atoms with Crippen molar-refractivity contribution in [1.82, 2.24) is 59.4 Å². The predicted molar refractivity (Wildman–Crippen MR) is 416 cm³/mol. The van der Waals surface area contributed by atoms with Gasteiger partial charge in [0.1, 0.15) is 59.6 Å². The summed E-state index contributed by atoms with van der Waals surface area (Å²) in [4.78, 5) is 134. The molecule has 0 aliphatic carbocycles. The number of nitrogens with two attached hydrogens (primary N) is 1. The van der Waals surface area contributed by atoms with Crippen molar-refractivity contribution in [3.8, 4) is 0 Å². The van der Waals surface area contributed by atoms with E-state index in [1.165, 1.54) is 32.8 Å². The van der Waals surface area contributed by atoms with E-state index >= 15 is 0 Å². The number of imidazole rings is 2. The molecule has 6 heterocycles.